The van der Waals surface area contributed by atoms with Gasteiger partial charge in [-0.05, 0) is 64.0 Å². The van der Waals surface area contributed by atoms with E-state index in [1.54, 1.807) is 0 Å². The van der Waals surface area contributed by atoms with Crippen molar-refractivity contribution in [2.75, 3.05) is 25.5 Å². The van der Waals surface area contributed by atoms with Crippen LogP contribution in [0.4, 0.5) is 5.69 Å². The highest BCUT2D eigenvalue weighted by Crippen LogP contribution is 2.29. The summed E-state index contributed by atoms with van der Waals surface area (Å²) in [5.41, 5.74) is 1.03. The van der Waals surface area contributed by atoms with Crippen molar-refractivity contribution in [2.45, 2.75) is 25.8 Å². The highest BCUT2D eigenvalue weighted by atomic mass is 79.9. The summed E-state index contributed by atoms with van der Waals surface area (Å²) in [6.07, 6.45) is 2.52. The van der Waals surface area contributed by atoms with Gasteiger partial charge in [-0.15, -0.1) is 0 Å². The average molecular weight is 332 g/mol. The molecular formula is C14H20BrClN2. The maximum absolute atomic E-state index is 6.21. The van der Waals surface area contributed by atoms with E-state index in [1.807, 2.05) is 18.2 Å². The summed E-state index contributed by atoms with van der Waals surface area (Å²) in [6, 6.07) is 6.40. The lowest BCUT2D eigenvalue weighted by molar-refractivity contribution is 0.208. The Morgan fingerprint density at radius 2 is 2.06 bits per heavy atom. The first-order valence-electron chi connectivity index (χ1n) is 6.46. The largest absolute Gasteiger partial charge is 0.381 e. The number of anilines is 1. The van der Waals surface area contributed by atoms with Gasteiger partial charge in [-0.3, -0.25) is 0 Å². The third kappa shape index (κ3) is 3.62. The van der Waals surface area contributed by atoms with E-state index in [1.165, 1.54) is 25.9 Å². The Kier molecular flexibility index (Phi) is 4.93. The first-order valence-corrected chi connectivity index (χ1v) is 7.63. The molecule has 1 aliphatic heterocycles. The third-order valence-electron chi connectivity index (χ3n) is 3.78. The van der Waals surface area contributed by atoms with E-state index >= 15 is 0 Å². The van der Waals surface area contributed by atoms with Gasteiger partial charge in [-0.2, -0.15) is 0 Å². The highest BCUT2D eigenvalue weighted by molar-refractivity contribution is 9.10. The number of likely N-dealkylation sites (tertiary alicyclic amines) is 1. The molecule has 1 saturated heterocycles. The van der Waals surface area contributed by atoms with Crippen LogP contribution in [0.3, 0.4) is 0 Å². The molecule has 1 aromatic rings. The van der Waals surface area contributed by atoms with Gasteiger partial charge in [0.25, 0.3) is 0 Å². The van der Waals surface area contributed by atoms with Gasteiger partial charge < -0.3 is 10.2 Å². The van der Waals surface area contributed by atoms with Crippen molar-refractivity contribution in [1.29, 1.82) is 0 Å². The molecule has 18 heavy (non-hydrogen) atoms. The van der Waals surface area contributed by atoms with E-state index in [9.17, 15) is 0 Å². The number of nitrogens with one attached hydrogen (secondary N) is 1. The van der Waals surface area contributed by atoms with Gasteiger partial charge in [0.15, 0.2) is 0 Å². The lowest BCUT2D eigenvalue weighted by Gasteiger charge is -2.33. The average Bonchev–Trinajstić information content (AvgIpc) is 2.34. The Bertz CT molecular complexity index is 403. The van der Waals surface area contributed by atoms with Crippen LogP contribution in [0.2, 0.25) is 5.02 Å². The summed E-state index contributed by atoms with van der Waals surface area (Å²) in [4.78, 5) is 2.40. The molecule has 0 radical (unpaired) electrons. The quantitative estimate of drug-likeness (QED) is 0.891. The Morgan fingerprint density at radius 3 is 2.72 bits per heavy atom. The smallest absolute Gasteiger partial charge is 0.0638 e. The molecule has 4 heteroatoms. The predicted molar refractivity (Wildman–Crippen MR) is 82.5 cm³/mol. The van der Waals surface area contributed by atoms with Crippen molar-refractivity contribution in [2.24, 2.45) is 5.92 Å². The van der Waals surface area contributed by atoms with Crippen LogP contribution >= 0.6 is 27.5 Å². The first kappa shape index (κ1) is 14.2. The van der Waals surface area contributed by atoms with Crippen molar-refractivity contribution in [3.8, 4) is 0 Å². The van der Waals surface area contributed by atoms with Gasteiger partial charge in [0, 0.05) is 10.5 Å². The normalized spacial score (nSPS) is 19.8. The molecule has 0 spiro atoms. The second-order valence-electron chi connectivity index (χ2n) is 5.20. The van der Waals surface area contributed by atoms with Gasteiger partial charge in [-0.1, -0.05) is 27.5 Å². The Hall–Kier alpha value is -0.250. The van der Waals surface area contributed by atoms with E-state index in [-0.39, 0.29) is 0 Å². The molecule has 1 heterocycles. The number of hydrogen-bond acceptors (Lipinski definition) is 2. The van der Waals surface area contributed by atoms with E-state index in [0.717, 1.165) is 21.1 Å². The van der Waals surface area contributed by atoms with Gasteiger partial charge in [0.2, 0.25) is 0 Å². The molecule has 100 valence electrons. The fourth-order valence-corrected chi connectivity index (χ4v) is 3.03. The monoisotopic (exact) mass is 330 g/mol. The molecular weight excluding hydrogens is 312 g/mol. The molecule has 2 rings (SSSR count). The zero-order chi connectivity index (χ0) is 13.1. The number of hydrogen-bond donors (Lipinski definition) is 1. The minimum absolute atomic E-state index is 0.463. The third-order valence-corrected chi connectivity index (χ3v) is 4.60. The number of benzene rings is 1. The maximum Gasteiger partial charge on any atom is 0.0638 e. The van der Waals surface area contributed by atoms with Crippen LogP contribution in [0, 0.1) is 5.92 Å². The predicted octanol–water partition coefficient (Wildman–Crippen LogP) is 4.24. The van der Waals surface area contributed by atoms with E-state index < -0.39 is 0 Å². The van der Waals surface area contributed by atoms with Crippen molar-refractivity contribution in [3.05, 3.63) is 27.7 Å². The highest BCUT2D eigenvalue weighted by Gasteiger charge is 2.22. The molecule has 0 aliphatic carbocycles. The second-order valence-corrected chi connectivity index (χ2v) is 6.52. The SMILES string of the molecule is CC(Nc1cc(Br)ccc1Cl)C1CCN(C)CC1. The van der Waals surface area contributed by atoms with Gasteiger partial charge in [-0.25, -0.2) is 0 Å². The Labute approximate surface area is 123 Å². The summed E-state index contributed by atoms with van der Waals surface area (Å²) >= 11 is 9.70. The molecule has 1 N–H and O–H groups in total. The molecule has 0 amide bonds. The number of piperidine rings is 1. The summed E-state index contributed by atoms with van der Waals surface area (Å²) in [5.74, 6) is 0.733. The van der Waals surface area contributed by atoms with Gasteiger partial charge in [0.05, 0.1) is 10.7 Å². The zero-order valence-electron chi connectivity index (χ0n) is 10.9. The van der Waals surface area contributed by atoms with E-state index in [2.05, 4.69) is 40.1 Å². The molecule has 1 atom stereocenters. The van der Waals surface area contributed by atoms with Gasteiger partial charge >= 0.3 is 0 Å². The lowest BCUT2D eigenvalue weighted by Crippen LogP contribution is -2.37. The molecule has 2 nitrogen and oxygen atoms in total. The Morgan fingerprint density at radius 1 is 1.39 bits per heavy atom. The first-order chi connectivity index (χ1) is 8.56. The summed E-state index contributed by atoms with van der Waals surface area (Å²) in [6.45, 7) is 4.65. The molecule has 0 aromatic heterocycles. The van der Waals surface area contributed by atoms with Crippen LogP contribution in [-0.4, -0.2) is 31.1 Å². The van der Waals surface area contributed by atoms with Crippen molar-refractivity contribution in [1.82, 2.24) is 4.90 Å². The summed E-state index contributed by atoms with van der Waals surface area (Å²) < 4.78 is 1.06. The molecule has 1 unspecified atom stereocenters. The molecule has 1 aromatic carbocycles. The van der Waals surface area contributed by atoms with Crippen LogP contribution in [0.15, 0.2) is 22.7 Å². The van der Waals surface area contributed by atoms with Gasteiger partial charge in [0.1, 0.15) is 0 Å². The van der Waals surface area contributed by atoms with Crippen LogP contribution < -0.4 is 5.32 Å². The van der Waals surface area contributed by atoms with Crippen molar-refractivity contribution < 1.29 is 0 Å². The van der Waals surface area contributed by atoms with Crippen molar-refractivity contribution >= 4 is 33.2 Å². The topological polar surface area (TPSA) is 15.3 Å². The number of halogens is 2. The zero-order valence-corrected chi connectivity index (χ0v) is 13.3. The minimum atomic E-state index is 0.463. The van der Waals surface area contributed by atoms with Crippen molar-refractivity contribution in [3.63, 3.8) is 0 Å². The van der Waals surface area contributed by atoms with E-state index in [4.69, 9.17) is 11.6 Å². The van der Waals surface area contributed by atoms with Crippen LogP contribution in [0.5, 0.6) is 0 Å². The van der Waals surface area contributed by atoms with Crippen LogP contribution in [-0.2, 0) is 0 Å². The molecule has 0 bridgehead atoms. The second kappa shape index (κ2) is 6.27. The summed E-state index contributed by atoms with van der Waals surface area (Å²) in [5, 5.41) is 4.34. The fourth-order valence-electron chi connectivity index (χ4n) is 2.50. The van der Waals surface area contributed by atoms with Crippen LogP contribution in [0.1, 0.15) is 19.8 Å². The summed E-state index contributed by atoms with van der Waals surface area (Å²) in [7, 11) is 2.19. The molecule has 0 saturated carbocycles. The lowest BCUT2D eigenvalue weighted by atomic mass is 9.90. The number of rotatable bonds is 3. The minimum Gasteiger partial charge on any atom is -0.381 e. The number of nitrogens with zero attached hydrogens (tertiary/aromatic N) is 1. The standard InChI is InChI=1S/C14H20BrClN2/c1-10(11-5-7-18(2)8-6-11)17-14-9-12(15)3-4-13(14)16/h3-4,9-11,17H,5-8H2,1-2H3. The molecule has 1 aliphatic rings. The maximum atomic E-state index is 6.21. The fraction of sp³-hybridized carbons (Fsp3) is 0.571. The van der Waals surface area contributed by atoms with Crippen LogP contribution in [0.25, 0.3) is 0 Å². The van der Waals surface area contributed by atoms with E-state index in [0.29, 0.717) is 6.04 Å². The molecule has 1 fully saturated rings. The Balaban J connectivity index is 1.98.